The number of nitrogens with zero attached hydrogens (tertiary/aromatic N) is 2. The molecule has 0 saturated heterocycles. The Balaban J connectivity index is 1.68. The number of unbranched alkanes of at least 4 members (excludes halogenated alkanes) is 18. The predicted molar refractivity (Wildman–Crippen MR) is 168 cm³/mol. The third-order valence-electron chi connectivity index (χ3n) is 8.16. The molecule has 2 heteroatoms. The lowest BCUT2D eigenvalue weighted by Gasteiger charge is -2.08. The molecule has 216 valence electrons. The summed E-state index contributed by atoms with van der Waals surface area (Å²) in [6.45, 7) is 5.77. The molecule has 0 N–H and O–H groups in total. The van der Waals surface area contributed by atoms with Crippen LogP contribution in [0.1, 0.15) is 166 Å². The summed E-state index contributed by atoms with van der Waals surface area (Å²) < 4.78 is 2.52. The van der Waals surface area contributed by atoms with Crippen molar-refractivity contribution in [2.24, 2.45) is 0 Å². The van der Waals surface area contributed by atoms with Gasteiger partial charge >= 0.3 is 0 Å². The van der Waals surface area contributed by atoms with Gasteiger partial charge in [0.15, 0.2) is 0 Å². The van der Waals surface area contributed by atoms with Crippen LogP contribution >= 0.6 is 0 Å². The van der Waals surface area contributed by atoms with E-state index < -0.39 is 0 Å². The first kappa shape index (κ1) is 32.6. The van der Waals surface area contributed by atoms with Gasteiger partial charge in [-0.05, 0) is 37.7 Å². The van der Waals surface area contributed by atoms with Crippen molar-refractivity contribution in [3.05, 3.63) is 53.6 Å². The molecule has 1 aromatic carbocycles. The molecule has 0 saturated carbocycles. The lowest BCUT2D eigenvalue weighted by Crippen LogP contribution is -2.03. The molecule has 2 nitrogen and oxygen atoms in total. The maximum Gasteiger partial charge on any atom is 0.108 e. The second-order valence-corrected chi connectivity index (χ2v) is 11.8. The maximum atomic E-state index is 5.14. The van der Waals surface area contributed by atoms with Crippen LogP contribution in [-0.4, -0.2) is 9.55 Å². The number of hydrogen-bond acceptors (Lipinski definition) is 1. The van der Waals surface area contributed by atoms with Gasteiger partial charge in [-0.1, -0.05) is 160 Å². The van der Waals surface area contributed by atoms with Crippen LogP contribution in [0, 0.1) is 0 Å². The first-order valence-electron chi connectivity index (χ1n) is 16.9. The van der Waals surface area contributed by atoms with E-state index in [0.717, 1.165) is 25.8 Å². The monoisotopic (exact) mass is 522 g/mol. The number of imidazole rings is 1. The summed E-state index contributed by atoms with van der Waals surface area (Å²) in [6.07, 6.45) is 35.0. The van der Waals surface area contributed by atoms with Gasteiger partial charge in [0.25, 0.3) is 0 Å². The zero-order valence-corrected chi connectivity index (χ0v) is 25.5. The van der Waals surface area contributed by atoms with Crippen molar-refractivity contribution in [1.29, 1.82) is 0 Å². The molecule has 2 rings (SSSR count). The predicted octanol–water partition coefficient (Wildman–Crippen LogP) is 11.4. The molecule has 2 aromatic rings. The summed E-state index contributed by atoms with van der Waals surface area (Å²) in [6, 6.07) is 10.9. The summed E-state index contributed by atoms with van der Waals surface area (Å²) >= 11 is 0. The average Bonchev–Trinajstić information content (AvgIpc) is 3.32. The van der Waals surface area contributed by atoms with E-state index in [1.165, 1.54) is 152 Å². The Labute approximate surface area is 237 Å². The van der Waals surface area contributed by atoms with Crippen molar-refractivity contribution in [2.45, 2.75) is 174 Å². The summed E-state index contributed by atoms with van der Waals surface area (Å²) in [5.41, 5.74) is 2.76. The first-order chi connectivity index (χ1) is 18.8. The molecule has 0 unspecified atom stereocenters. The molecule has 0 bridgehead atoms. The normalized spacial score (nSPS) is 11.4. The molecule has 38 heavy (non-hydrogen) atoms. The quantitative estimate of drug-likeness (QED) is 0.112. The van der Waals surface area contributed by atoms with E-state index in [-0.39, 0.29) is 0 Å². The molecular weight excluding hydrogens is 460 g/mol. The Kier molecular flexibility index (Phi) is 20.0. The molecule has 1 aromatic heterocycles. The molecule has 0 radical (unpaired) electrons. The summed E-state index contributed by atoms with van der Waals surface area (Å²) in [7, 11) is 0. The van der Waals surface area contributed by atoms with Gasteiger partial charge in [0.05, 0.1) is 5.69 Å². The Morgan fingerprint density at radius 3 is 1.55 bits per heavy atom. The number of rotatable bonds is 26. The fourth-order valence-electron chi connectivity index (χ4n) is 5.69. The SMILES string of the molecule is CCCCCCCCCCCCc1nc(CCCc2ccccc2)cn1CCCCCCCCCCCC. The fraction of sp³-hybridized carbons (Fsp3) is 0.750. The molecular formula is C36H62N2. The fourth-order valence-corrected chi connectivity index (χ4v) is 5.69. The van der Waals surface area contributed by atoms with Gasteiger partial charge < -0.3 is 4.57 Å². The Bertz CT molecular complexity index is 721. The maximum absolute atomic E-state index is 5.14. The van der Waals surface area contributed by atoms with E-state index in [1.807, 2.05) is 0 Å². The molecule has 0 amide bonds. The highest BCUT2D eigenvalue weighted by molar-refractivity contribution is 5.15. The molecule has 0 aliphatic rings. The van der Waals surface area contributed by atoms with Crippen molar-refractivity contribution in [2.75, 3.05) is 0 Å². The standard InChI is InChI=1S/C36H62N2/c1-3-5-7-9-11-13-15-17-19-24-31-36-37-35(30-26-29-34-27-22-21-23-28-34)33-38(36)32-25-20-18-16-14-12-10-8-6-4-2/h21-23,27-28,33H,3-20,24-26,29-32H2,1-2H3. The van der Waals surface area contributed by atoms with Crippen LogP contribution in [0.3, 0.4) is 0 Å². The largest absolute Gasteiger partial charge is 0.335 e. The molecule has 0 spiro atoms. The van der Waals surface area contributed by atoms with Gasteiger partial charge in [-0.3, -0.25) is 0 Å². The summed E-state index contributed by atoms with van der Waals surface area (Å²) in [5, 5.41) is 0. The zero-order chi connectivity index (χ0) is 26.9. The highest BCUT2D eigenvalue weighted by Crippen LogP contribution is 2.16. The van der Waals surface area contributed by atoms with E-state index in [4.69, 9.17) is 4.98 Å². The third-order valence-corrected chi connectivity index (χ3v) is 8.16. The second kappa shape index (κ2) is 23.3. The van der Waals surface area contributed by atoms with Crippen molar-refractivity contribution in [3.63, 3.8) is 0 Å². The van der Waals surface area contributed by atoms with Crippen molar-refractivity contribution < 1.29 is 0 Å². The molecule has 0 atom stereocenters. The summed E-state index contributed by atoms with van der Waals surface area (Å²) in [5.74, 6) is 1.36. The number of hydrogen-bond donors (Lipinski definition) is 0. The molecule has 1 heterocycles. The number of benzene rings is 1. The van der Waals surface area contributed by atoms with Crippen LogP contribution in [-0.2, 0) is 25.8 Å². The topological polar surface area (TPSA) is 17.8 Å². The van der Waals surface area contributed by atoms with Gasteiger partial charge in [-0.15, -0.1) is 0 Å². The first-order valence-corrected chi connectivity index (χ1v) is 16.9. The van der Waals surface area contributed by atoms with Crippen molar-refractivity contribution in [3.8, 4) is 0 Å². The van der Waals surface area contributed by atoms with E-state index in [0.29, 0.717) is 0 Å². The second-order valence-electron chi connectivity index (χ2n) is 11.8. The minimum absolute atomic E-state index is 1.10. The minimum atomic E-state index is 1.10. The minimum Gasteiger partial charge on any atom is -0.335 e. The van der Waals surface area contributed by atoms with Crippen molar-refractivity contribution in [1.82, 2.24) is 9.55 Å². The molecule has 0 fully saturated rings. The van der Waals surface area contributed by atoms with Crippen LogP contribution in [0.2, 0.25) is 0 Å². The zero-order valence-electron chi connectivity index (χ0n) is 25.5. The Morgan fingerprint density at radius 1 is 0.500 bits per heavy atom. The highest BCUT2D eigenvalue weighted by atomic mass is 15.1. The Hall–Kier alpha value is -1.57. The van der Waals surface area contributed by atoms with Gasteiger partial charge in [0.1, 0.15) is 5.82 Å². The van der Waals surface area contributed by atoms with Crippen LogP contribution in [0.25, 0.3) is 0 Å². The van der Waals surface area contributed by atoms with Crippen LogP contribution in [0.5, 0.6) is 0 Å². The van der Waals surface area contributed by atoms with Gasteiger partial charge in [-0.2, -0.15) is 0 Å². The van der Waals surface area contributed by atoms with Crippen LogP contribution in [0.4, 0.5) is 0 Å². The van der Waals surface area contributed by atoms with Gasteiger partial charge in [0, 0.05) is 19.2 Å². The lowest BCUT2D eigenvalue weighted by molar-refractivity contribution is 0.521. The smallest absolute Gasteiger partial charge is 0.108 e. The van der Waals surface area contributed by atoms with E-state index in [1.54, 1.807) is 0 Å². The van der Waals surface area contributed by atoms with Gasteiger partial charge in [0.2, 0.25) is 0 Å². The van der Waals surface area contributed by atoms with E-state index in [9.17, 15) is 0 Å². The van der Waals surface area contributed by atoms with Gasteiger partial charge in [-0.25, -0.2) is 4.98 Å². The average molecular weight is 523 g/mol. The van der Waals surface area contributed by atoms with E-state index in [2.05, 4.69) is 54.9 Å². The van der Waals surface area contributed by atoms with Crippen molar-refractivity contribution >= 4 is 0 Å². The Morgan fingerprint density at radius 2 is 1.00 bits per heavy atom. The number of aryl methyl sites for hydroxylation is 4. The number of aromatic nitrogens is 2. The van der Waals surface area contributed by atoms with E-state index >= 15 is 0 Å². The molecule has 0 aliphatic carbocycles. The summed E-state index contributed by atoms with van der Waals surface area (Å²) in [4.78, 5) is 5.14. The lowest BCUT2D eigenvalue weighted by atomic mass is 10.1. The molecule has 0 aliphatic heterocycles. The third kappa shape index (κ3) is 16.4. The highest BCUT2D eigenvalue weighted by Gasteiger charge is 2.08. The van der Waals surface area contributed by atoms with Crippen LogP contribution in [0.15, 0.2) is 36.5 Å². The van der Waals surface area contributed by atoms with Crippen LogP contribution < -0.4 is 0 Å².